The van der Waals surface area contributed by atoms with Gasteiger partial charge in [-0.25, -0.2) is 9.97 Å². The molecule has 0 aliphatic carbocycles. The van der Waals surface area contributed by atoms with Crippen molar-refractivity contribution < 1.29 is 0 Å². The molecule has 0 saturated carbocycles. The fourth-order valence-electron chi connectivity index (χ4n) is 1.73. The van der Waals surface area contributed by atoms with E-state index in [1.165, 1.54) is 0 Å². The molecule has 0 saturated heterocycles. The summed E-state index contributed by atoms with van der Waals surface area (Å²) in [7, 11) is 1.77. The van der Waals surface area contributed by atoms with E-state index in [4.69, 9.17) is 11.6 Å². The lowest BCUT2D eigenvalue weighted by Gasteiger charge is -2.03. The highest BCUT2D eigenvalue weighted by Crippen LogP contribution is 2.24. The third-order valence-corrected chi connectivity index (χ3v) is 2.87. The van der Waals surface area contributed by atoms with E-state index < -0.39 is 0 Å². The number of nitrogens with one attached hydrogen (secondary N) is 1. The van der Waals surface area contributed by atoms with Gasteiger partial charge in [0.05, 0.1) is 10.5 Å². The highest BCUT2D eigenvalue weighted by molar-refractivity contribution is 6.35. The van der Waals surface area contributed by atoms with Crippen molar-refractivity contribution in [2.75, 3.05) is 12.4 Å². The van der Waals surface area contributed by atoms with Gasteiger partial charge in [-0.1, -0.05) is 23.7 Å². The standard InChI is InChI=1S/C12H9ClN4/c1-14-12-15-6-8-5-7-3-2-4-9(13)10(7)16-11(8)17-12/h2-6H,1H3,(H,14,15,16,17). The van der Waals surface area contributed by atoms with Crippen LogP contribution >= 0.6 is 11.6 Å². The third kappa shape index (κ3) is 1.66. The molecule has 0 aliphatic rings. The van der Waals surface area contributed by atoms with Crippen molar-refractivity contribution in [2.45, 2.75) is 0 Å². The van der Waals surface area contributed by atoms with E-state index in [9.17, 15) is 0 Å². The molecule has 2 aromatic heterocycles. The predicted octanol–water partition coefficient (Wildman–Crippen LogP) is 2.87. The normalized spacial score (nSPS) is 10.9. The number of halogens is 1. The monoisotopic (exact) mass is 244 g/mol. The van der Waals surface area contributed by atoms with Crippen molar-refractivity contribution in [1.82, 2.24) is 15.0 Å². The van der Waals surface area contributed by atoms with Crippen molar-refractivity contribution in [2.24, 2.45) is 0 Å². The second-order valence-corrected chi connectivity index (χ2v) is 4.06. The molecule has 0 atom stereocenters. The van der Waals surface area contributed by atoms with Gasteiger partial charge in [0.25, 0.3) is 0 Å². The zero-order valence-electron chi connectivity index (χ0n) is 9.11. The van der Waals surface area contributed by atoms with E-state index >= 15 is 0 Å². The maximum absolute atomic E-state index is 6.11. The topological polar surface area (TPSA) is 50.7 Å². The van der Waals surface area contributed by atoms with Gasteiger partial charge < -0.3 is 5.32 Å². The quantitative estimate of drug-likeness (QED) is 0.669. The van der Waals surface area contributed by atoms with E-state index in [0.29, 0.717) is 16.6 Å². The largest absolute Gasteiger partial charge is 0.357 e. The average molecular weight is 245 g/mol. The highest BCUT2D eigenvalue weighted by Gasteiger charge is 2.05. The minimum atomic E-state index is 0.552. The molecule has 4 nitrogen and oxygen atoms in total. The van der Waals surface area contributed by atoms with Crippen molar-refractivity contribution in [1.29, 1.82) is 0 Å². The fourth-order valence-corrected chi connectivity index (χ4v) is 1.96. The number of hydrogen-bond acceptors (Lipinski definition) is 4. The van der Waals surface area contributed by atoms with Crippen LogP contribution in [0, 0.1) is 0 Å². The molecule has 0 unspecified atom stereocenters. The Bertz CT molecular complexity index is 711. The van der Waals surface area contributed by atoms with Gasteiger partial charge in [0.2, 0.25) is 5.95 Å². The fraction of sp³-hybridized carbons (Fsp3) is 0.0833. The number of benzene rings is 1. The van der Waals surface area contributed by atoms with Crippen molar-refractivity contribution in [3.8, 4) is 0 Å². The SMILES string of the molecule is CNc1ncc2cc3cccc(Cl)c3nc2n1. The summed E-state index contributed by atoms with van der Waals surface area (Å²) in [5.41, 5.74) is 1.41. The van der Waals surface area contributed by atoms with Crippen molar-refractivity contribution in [3.63, 3.8) is 0 Å². The lowest BCUT2D eigenvalue weighted by atomic mass is 10.2. The Morgan fingerprint density at radius 3 is 2.88 bits per heavy atom. The first-order chi connectivity index (χ1) is 8.28. The van der Waals surface area contributed by atoms with Crippen LogP contribution < -0.4 is 5.32 Å². The number of aromatic nitrogens is 3. The van der Waals surface area contributed by atoms with E-state index in [1.807, 2.05) is 24.3 Å². The summed E-state index contributed by atoms with van der Waals surface area (Å²) in [5, 5.41) is 5.41. The lowest BCUT2D eigenvalue weighted by Crippen LogP contribution is -1.97. The number of hydrogen-bond donors (Lipinski definition) is 1. The molecule has 17 heavy (non-hydrogen) atoms. The molecule has 1 N–H and O–H groups in total. The summed E-state index contributed by atoms with van der Waals surface area (Å²) in [6.07, 6.45) is 1.75. The Morgan fingerprint density at radius 2 is 2.06 bits per heavy atom. The van der Waals surface area contributed by atoms with Crippen molar-refractivity contribution in [3.05, 3.63) is 35.5 Å². The minimum absolute atomic E-state index is 0.552. The number of nitrogens with zero attached hydrogens (tertiary/aromatic N) is 3. The summed E-state index contributed by atoms with van der Waals surface area (Å²) >= 11 is 6.11. The molecular formula is C12H9ClN4. The molecule has 0 amide bonds. The van der Waals surface area contributed by atoms with Crippen LogP contribution in [0.15, 0.2) is 30.5 Å². The number of fused-ring (bicyclic) bond motifs is 2. The van der Waals surface area contributed by atoms with Crippen LogP contribution in [-0.2, 0) is 0 Å². The molecule has 0 spiro atoms. The van der Waals surface area contributed by atoms with Gasteiger partial charge in [-0.3, -0.25) is 0 Å². The summed E-state index contributed by atoms with van der Waals surface area (Å²) in [4.78, 5) is 12.9. The van der Waals surface area contributed by atoms with Gasteiger partial charge in [0.15, 0.2) is 5.65 Å². The smallest absolute Gasteiger partial charge is 0.224 e. The highest BCUT2D eigenvalue weighted by atomic mass is 35.5. The van der Waals surface area contributed by atoms with Gasteiger partial charge in [0.1, 0.15) is 0 Å². The lowest BCUT2D eigenvalue weighted by molar-refractivity contribution is 1.17. The number of anilines is 1. The Morgan fingerprint density at radius 1 is 1.18 bits per heavy atom. The summed E-state index contributed by atoms with van der Waals surface area (Å²) in [6.45, 7) is 0. The Hall–Kier alpha value is -1.94. The van der Waals surface area contributed by atoms with E-state index in [2.05, 4.69) is 20.3 Å². The van der Waals surface area contributed by atoms with Gasteiger partial charge in [-0.15, -0.1) is 0 Å². The van der Waals surface area contributed by atoms with Crippen molar-refractivity contribution >= 4 is 39.5 Å². The first-order valence-electron chi connectivity index (χ1n) is 5.18. The molecule has 3 aromatic rings. The van der Waals surface area contributed by atoms with Gasteiger partial charge >= 0.3 is 0 Å². The average Bonchev–Trinajstić information content (AvgIpc) is 2.37. The van der Waals surface area contributed by atoms with Gasteiger partial charge in [-0.2, -0.15) is 4.98 Å². The second kappa shape index (κ2) is 3.82. The van der Waals surface area contributed by atoms with Gasteiger partial charge in [0, 0.05) is 24.0 Å². The van der Waals surface area contributed by atoms with Gasteiger partial charge in [-0.05, 0) is 12.1 Å². The Balaban J connectivity index is 2.40. The Labute approximate surface area is 103 Å². The molecule has 84 valence electrons. The molecule has 5 heteroatoms. The van der Waals surface area contributed by atoms with Crippen LogP contribution in [0.25, 0.3) is 21.9 Å². The molecule has 0 fully saturated rings. The first-order valence-corrected chi connectivity index (χ1v) is 5.55. The molecular weight excluding hydrogens is 236 g/mol. The van der Waals surface area contributed by atoms with Crippen LogP contribution in [0.2, 0.25) is 5.02 Å². The van der Waals surface area contributed by atoms with E-state index in [0.717, 1.165) is 16.3 Å². The summed E-state index contributed by atoms with van der Waals surface area (Å²) < 4.78 is 0. The second-order valence-electron chi connectivity index (χ2n) is 3.66. The number of pyridine rings is 1. The van der Waals surface area contributed by atoms with Crippen LogP contribution in [-0.4, -0.2) is 22.0 Å². The molecule has 1 aromatic carbocycles. The van der Waals surface area contributed by atoms with E-state index in [1.54, 1.807) is 13.2 Å². The van der Waals surface area contributed by atoms with Crippen LogP contribution in [0.1, 0.15) is 0 Å². The predicted molar refractivity (Wildman–Crippen MR) is 69.4 cm³/mol. The number of para-hydroxylation sites is 1. The molecule has 0 radical (unpaired) electrons. The molecule has 0 aliphatic heterocycles. The minimum Gasteiger partial charge on any atom is -0.357 e. The van der Waals surface area contributed by atoms with Crippen LogP contribution in [0.3, 0.4) is 0 Å². The summed E-state index contributed by atoms with van der Waals surface area (Å²) in [6, 6.07) is 7.69. The zero-order valence-corrected chi connectivity index (χ0v) is 9.86. The Kier molecular flexibility index (Phi) is 2.30. The maximum atomic E-state index is 6.11. The molecule has 2 heterocycles. The molecule has 3 rings (SSSR count). The van der Waals surface area contributed by atoms with E-state index in [-0.39, 0.29) is 0 Å². The zero-order chi connectivity index (χ0) is 11.8. The van der Waals surface area contributed by atoms with Crippen LogP contribution in [0.5, 0.6) is 0 Å². The number of rotatable bonds is 1. The molecule has 0 bridgehead atoms. The maximum Gasteiger partial charge on any atom is 0.224 e. The first kappa shape index (κ1) is 10.2. The summed E-state index contributed by atoms with van der Waals surface area (Å²) in [5.74, 6) is 0.552. The van der Waals surface area contributed by atoms with Crippen LogP contribution in [0.4, 0.5) is 5.95 Å². The third-order valence-electron chi connectivity index (χ3n) is 2.57.